The van der Waals surface area contributed by atoms with Gasteiger partial charge < -0.3 is 15.0 Å². The Morgan fingerprint density at radius 3 is 2.41 bits per heavy atom. The Morgan fingerprint density at radius 2 is 1.68 bits per heavy atom. The fourth-order valence-corrected chi connectivity index (χ4v) is 8.11. The summed E-state index contributed by atoms with van der Waals surface area (Å²) in [4.78, 5) is 57.1. The number of thiazole rings is 1. The van der Waals surface area contributed by atoms with E-state index in [0.717, 1.165) is 15.8 Å². The molecule has 2 aliphatic heterocycles. The van der Waals surface area contributed by atoms with Gasteiger partial charge in [-0.1, -0.05) is 55.0 Å². The third-order valence-corrected chi connectivity index (χ3v) is 10.1. The summed E-state index contributed by atoms with van der Waals surface area (Å²) in [6.07, 6.45) is 0. The summed E-state index contributed by atoms with van der Waals surface area (Å²) in [6, 6.07) is 17.4. The van der Waals surface area contributed by atoms with Crippen LogP contribution in [0.25, 0.3) is 0 Å². The highest BCUT2D eigenvalue weighted by molar-refractivity contribution is 9.10. The average Bonchev–Trinajstić information content (AvgIpc) is 3.44. The molecule has 2 N–H and O–H groups in total. The molecule has 4 aromatic rings. The zero-order valence-electron chi connectivity index (χ0n) is 20.7. The van der Waals surface area contributed by atoms with Gasteiger partial charge in [0.05, 0.1) is 16.6 Å². The summed E-state index contributed by atoms with van der Waals surface area (Å²) in [5, 5.41) is 2.41. The maximum absolute atomic E-state index is 14.0. The molecule has 0 unspecified atom stereocenters. The molecule has 6 rings (SSSR count). The molecule has 13 heteroatoms. The number of aromatic nitrogens is 1. The number of H-pyrrole nitrogens is 1. The number of imide groups is 1. The van der Waals surface area contributed by atoms with E-state index >= 15 is 0 Å². The maximum atomic E-state index is 14.0. The number of benzene rings is 3. The number of hydrogen-bond acceptors (Lipinski definition) is 7. The average molecular weight is 719 g/mol. The van der Waals surface area contributed by atoms with Crippen LogP contribution in [0.2, 0.25) is 0 Å². The van der Waals surface area contributed by atoms with Gasteiger partial charge >= 0.3 is 4.87 Å². The van der Waals surface area contributed by atoms with Crippen molar-refractivity contribution in [3.05, 3.63) is 102 Å². The van der Waals surface area contributed by atoms with Crippen LogP contribution < -0.4 is 19.8 Å². The molecule has 1 fully saturated rings. The van der Waals surface area contributed by atoms with Gasteiger partial charge in [-0.15, -0.1) is 0 Å². The van der Waals surface area contributed by atoms with Gasteiger partial charge in [-0.05, 0) is 66.7 Å². The minimum atomic E-state index is -0.820. The number of carbonyl (C=O) groups is 3. The standard InChI is InChI=1S/C28H18Br2FN3O5S2/c29-13-1-8-17(9-2-13)34-26(36)22-21(23-25(33-28(38)41-23)40-24(22)27(34)37)18-11-14(30)3-10-19(18)39-12-20(35)32-16-6-4-15(31)5-7-16/h1-11,21-22,24H,12H2,(H,32,35)(H,33,38)/t21-,22-,24+/m0/s1. The number of fused-ring (bicyclic) bond motifs is 2. The lowest BCUT2D eigenvalue weighted by molar-refractivity contribution is -0.122. The molecule has 2 aliphatic rings. The number of thioether (sulfide) groups is 1. The molecule has 208 valence electrons. The SMILES string of the molecule is O=C(COc1ccc(Br)cc1[C@@H]1c2sc(=O)[nH]c2S[C@H]2C(=O)N(c3ccc(Br)cc3)C(=O)[C@@H]12)Nc1ccc(F)cc1. The van der Waals surface area contributed by atoms with Crippen LogP contribution in [0.15, 0.2) is 85.5 Å². The van der Waals surface area contributed by atoms with E-state index in [1.807, 2.05) is 0 Å². The Hall–Kier alpha value is -3.26. The van der Waals surface area contributed by atoms with Crippen molar-refractivity contribution in [2.24, 2.45) is 5.92 Å². The number of nitrogens with zero attached hydrogens (tertiary/aromatic N) is 1. The van der Waals surface area contributed by atoms with Crippen molar-refractivity contribution in [1.29, 1.82) is 0 Å². The summed E-state index contributed by atoms with van der Waals surface area (Å²) in [5.41, 5.74) is 1.42. The molecule has 41 heavy (non-hydrogen) atoms. The first-order chi connectivity index (χ1) is 19.7. The van der Waals surface area contributed by atoms with Gasteiger partial charge in [0.1, 0.15) is 16.8 Å². The molecule has 3 atom stereocenters. The molecule has 0 bridgehead atoms. The number of anilines is 2. The van der Waals surface area contributed by atoms with Crippen LogP contribution in [0, 0.1) is 11.7 Å². The quantitative estimate of drug-likeness (QED) is 0.240. The minimum Gasteiger partial charge on any atom is -0.483 e. The van der Waals surface area contributed by atoms with Gasteiger partial charge in [0.25, 0.3) is 5.91 Å². The smallest absolute Gasteiger partial charge is 0.305 e. The predicted molar refractivity (Wildman–Crippen MR) is 161 cm³/mol. The lowest BCUT2D eigenvalue weighted by Gasteiger charge is -2.31. The maximum Gasteiger partial charge on any atom is 0.305 e. The van der Waals surface area contributed by atoms with E-state index in [9.17, 15) is 23.6 Å². The highest BCUT2D eigenvalue weighted by Crippen LogP contribution is 2.54. The van der Waals surface area contributed by atoms with Crippen molar-refractivity contribution >= 4 is 84.1 Å². The molecular formula is C28H18Br2FN3O5S2. The van der Waals surface area contributed by atoms with Crippen LogP contribution >= 0.6 is 55.0 Å². The molecule has 0 saturated carbocycles. The van der Waals surface area contributed by atoms with Crippen molar-refractivity contribution in [1.82, 2.24) is 4.98 Å². The Bertz CT molecular complexity index is 1740. The van der Waals surface area contributed by atoms with Crippen molar-refractivity contribution in [2.45, 2.75) is 16.2 Å². The number of aromatic amines is 1. The van der Waals surface area contributed by atoms with Crippen LogP contribution in [0.3, 0.4) is 0 Å². The summed E-state index contributed by atoms with van der Waals surface area (Å²) >= 11 is 9.04. The number of carbonyl (C=O) groups excluding carboxylic acids is 3. The third-order valence-electron chi connectivity index (χ3n) is 6.70. The van der Waals surface area contributed by atoms with E-state index in [4.69, 9.17) is 4.74 Å². The molecule has 0 radical (unpaired) electrons. The molecule has 0 spiro atoms. The van der Waals surface area contributed by atoms with Crippen molar-refractivity contribution in [3.63, 3.8) is 0 Å². The van der Waals surface area contributed by atoms with E-state index in [0.29, 0.717) is 37.1 Å². The number of halogens is 3. The Balaban J connectivity index is 1.36. The van der Waals surface area contributed by atoms with Gasteiger partial charge in [-0.2, -0.15) is 0 Å². The monoisotopic (exact) mass is 717 g/mol. The van der Waals surface area contributed by atoms with E-state index < -0.39 is 28.8 Å². The number of amides is 3. The fourth-order valence-electron chi connectivity index (χ4n) is 4.96. The molecule has 1 aromatic heterocycles. The van der Waals surface area contributed by atoms with Crippen LogP contribution in [0.4, 0.5) is 15.8 Å². The normalized spacial score (nSPS) is 19.6. The minimum absolute atomic E-state index is 0.298. The molecule has 3 amide bonds. The van der Waals surface area contributed by atoms with Crippen LogP contribution in [0.5, 0.6) is 5.75 Å². The zero-order chi connectivity index (χ0) is 28.8. The lowest BCUT2D eigenvalue weighted by Crippen LogP contribution is -2.32. The second kappa shape index (κ2) is 11.2. The molecular weight excluding hydrogens is 701 g/mol. The Labute approximate surface area is 257 Å². The topological polar surface area (TPSA) is 109 Å². The van der Waals surface area contributed by atoms with Gasteiger partial charge in [-0.3, -0.25) is 19.2 Å². The van der Waals surface area contributed by atoms with Crippen LogP contribution in [-0.4, -0.2) is 34.6 Å². The van der Waals surface area contributed by atoms with Crippen molar-refractivity contribution in [3.8, 4) is 5.75 Å². The number of nitrogens with one attached hydrogen (secondary N) is 2. The summed E-state index contributed by atoms with van der Waals surface area (Å²) in [6.45, 7) is -0.365. The fraction of sp³-hybridized carbons (Fsp3) is 0.143. The van der Waals surface area contributed by atoms with Gasteiger partial charge in [0.15, 0.2) is 6.61 Å². The summed E-state index contributed by atoms with van der Waals surface area (Å²) in [5.74, 6) is -2.83. The highest BCUT2D eigenvalue weighted by atomic mass is 79.9. The van der Waals surface area contributed by atoms with E-state index in [-0.39, 0.29) is 23.3 Å². The van der Waals surface area contributed by atoms with E-state index in [1.54, 1.807) is 42.5 Å². The Kier molecular flexibility index (Phi) is 7.62. The van der Waals surface area contributed by atoms with Gasteiger partial charge in [0.2, 0.25) is 11.8 Å². The molecule has 3 aromatic carbocycles. The summed E-state index contributed by atoms with van der Waals surface area (Å²) < 4.78 is 20.7. The molecule has 1 saturated heterocycles. The van der Waals surface area contributed by atoms with Crippen LogP contribution in [0.1, 0.15) is 16.4 Å². The largest absolute Gasteiger partial charge is 0.483 e. The number of rotatable bonds is 6. The first-order valence-electron chi connectivity index (χ1n) is 12.2. The number of hydrogen-bond donors (Lipinski definition) is 2. The lowest BCUT2D eigenvalue weighted by atomic mass is 9.82. The molecule has 0 aliphatic carbocycles. The third kappa shape index (κ3) is 5.39. The van der Waals surface area contributed by atoms with Gasteiger partial charge in [-0.25, -0.2) is 9.29 Å². The predicted octanol–water partition coefficient (Wildman–Crippen LogP) is 5.91. The highest BCUT2D eigenvalue weighted by Gasteiger charge is 2.56. The van der Waals surface area contributed by atoms with Crippen molar-refractivity contribution < 1.29 is 23.5 Å². The first-order valence-corrected chi connectivity index (χ1v) is 15.5. The van der Waals surface area contributed by atoms with Gasteiger partial charge in [0, 0.05) is 31.0 Å². The first kappa shape index (κ1) is 27.9. The zero-order valence-corrected chi connectivity index (χ0v) is 25.5. The Morgan fingerprint density at radius 1 is 0.976 bits per heavy atom. The van der Waals surface area contributed by atoms with Crippen molar-refractivity contribution in [2.75, 3.05) is 16.8 Å². The summed E-state index contributed by atoms with van der Waals surface area (Å²) in [7, 11) is 0. The van der Waals surface area contributed by atoms with Crippen LogP contribution in [-0.2, 0) is 14.4 Å². The van der Waals surface area contributed by atoms with E-state index in [1.165, 1.54) is 40.9 Å². The number of ether oxygens (including phenoxy) is 1. The second-order valence-corrected chi connectivity index (χ2v) is 13.3. The molecule has 8 nitrogen and oxygen atoms in total. The van der Waals surface area contributed by atoms with E-state index in [2.05, 4.69) is 42.2 Å². The second-order valence-electron chi connectivity index (χ2n) is 9.26. The molecule has 3 heterocycles.